The summed E-state index contributed by atoms with van der Waals surface area (Å²) in [7, 11) is 3.66. The van der Waals surface area contributed by atoms with Gasteiger partial charge < -0.3 is 10.1 Å². The lowest BCUT2D eigenvalue weighted by atomic mass is 9.98. The highest BCUT2D eigenvalue weighted by Gasteiger charge is 2.14. The minimum Gasteiger partial charge on any atom is -0.496 e. The lowest BCUT2D eigenvalue weighted by Gasteiger charge is -2.19. The van der Waals surface area contributed by atoms with Crippen LogP contribution in [0, 0.1) is 0 Å². The fourth-order valence-corrected chi connectivity index (χ4v) is 2.55. The molecule has 0 radical (unpaired) electrons. The summed E-state index contributed by atoms with van der Waals surface area (Å²) < 4.78 is 5.44. The van der Waals surface area contributed by atoms with Gasteiger partial charge in [-0.25, -0.2) is 0 Å². The highest BCUT2D eigenvalue weighted by Crippen LogP contribution is 2.30. The van der Waals surface area contributed by atoms with Crippen LogP contribution in [-0.4, -0.2) is 14.2 Å². The van der Waals surface area contributed by atoms with Crippen LogP contribution in [-0.2, 0) is 6.42 Å². The summed E-state index contributed by atoms with van der Waals surface area (Å²) >= 11 is 6.02. The van der Waals surface area contributed by atoms with Crippen LogP contribution in [0.15, 0.2) is 48.5 Å². The van der Waals surface area contributed by atoms with Crippen molar-refractivity contribution in [1.29, 1.82) is 0 Å². The van der Waals surface area contributed by atoms with Crippen molar-refractivity contribution in [3.05, 3.63) is 64.7 Å². The van der Waals surface area contributed by atoms with E-state index in [1.165, 1.54) is 5.56 Å². The number of rotatable bonds is 6. The van der Waals surface area contributed by atoms with Gasteiger partial charge in [-0.05, 0) is 37.6 Å². The molecule has 2 aromatic carbocycles. The molecule has 0 aliphatic rings. The maximum atomic E-state index is 6.02. The summed E-state index contributed by atoms with van der Waals surface area (Å²) in [5.41, 5.74) is 2.50. The number of benzene rings is 2. The summed E-state index contributed by atoms with van der Waals surface area (Å²) in [5, 5.41) is 4.06. The Balaban J connectivity index is 2.12. The molecule has 2 aromatic rings. The largest absolute Gasteiger partial charge is 0.496 e. The van der Waals surface area contributed by atoms with E-state index in [9.17, 15) is 0 Å². The SMILES string of the molecule is CNC(CCc1ccccc1)c1ccc(Cl)cc1OC. The molecule has 0 aromatic heterocycles. The van der Waals surface area contributed by atoms with Crippen LogP contribution >= 0.6 is 11.6 Å². The van der Waals surface area contributed by atoms with Gasteiger partial charge in [0.15, 0.2) is 0 Å². The summed E-state index contributed by atoms with van der Waals surface area (Å²) in [5.74, 6) is 0.838. The van der Waals surface area contributed by atoms with E-state index in [-0.39, 0.29) is 6.04 Å². The van der Waals surface area contributed by atoms with Gasteiger partial charge in [0.25, 0.3) is 0 Å². The zero-order valence-electron chi connectivity index (χ0n) is 11.9. The van der Waals surface area contributed by atoms with Crippen LogP contribution in [0.2, 0.25) is 5.02 Å². The van der Waals surface area contributed by atoms with Crippen LogP contribution in [0.5, 0.6) is 5.75 Å². The maximum absolute atomic E-state index is 6.02. The Morgan fingerprint density at radius 2 is 1.90 bits per heavy atom. The molecule has 0 aliphatic heterocycles. The van der Waals surface area contributed by atoms with Crippen molar-refractivity contribution in [2.45, 2.75) is 18.9 Å². The zero-order chi connectivity index (χ0) is 14.4. The van der Waals surface area contributed by atoms with Crippen molar-refractivity contribution < 1.29 is 4.74 Å². The van der Waals surface area contributed by atoms with Crippen molar-refractivity contribution in [3.8, 4) is 5.75 Å². The lowest BCUT2D eigenvalue weighted by molar-refractivity contribution is 0.399. The summed E-state index contributed by atoms with van der Waals surface area (Å²) in [6.07, 6.45) is 2.04. The Morgan fingerprint density at radius 3 is 2.55 bits per heavy atom. The Labute approximate surface area is 125 Å². The summed E-state index contributed by atoms with van der Waals surface area (Å²) in [6, 6.07) is 16.6. The standard InChI is InChI=1S/C17H20ClNO/c1-19-16(11-8-13-6-4-3-5-7-13)15-10-9-14(18)12-17(15)20-2/h3-7,9-10,12,16,19H,8,11H2,1-2H3. The topological polar surface area (TPSA) is 21.3 Å². The predicted octanol–water partition coefficient (Wildman–Crippen LogP) is 4.24. The van der Waals surface area contributed by atoms with E-state index in [1.54, 1.807) is 7.11 Å². The van der Waals surface area contributed by atoms with Gasteiger partial charge in [0.2, 0.25) is 0 Å². The molecule has 0 fully saturated rings. The van der Waals surface area contributed by atoms with Crippen molar-refractivity contribution in [1.82, 2.24) is 5.32 Å². The van der Waals surface area contributed by atoms with Crippen molar-refractivity contribution in [2.75, 3.05) is 14.2 Å². The summed E-state index contributed by atoms with van der Waals surface area (Å²) in [4.78, 5) is 0. The smallest absolute Gasteiger partial charge is 0.125 e. The summed E-state index contributed by atoms with van der Waals surface area (Å²) in [6.45, 7) is 0. The molecule has 0 saturated heterocycles. The molecule has 2 nitrogen and oxygen atoms in total. The van der Waals surface area contributed by atoms with Gasteiger partial charge >= 0.3 is 0 Å². The van der Waals surface area contributed by atoms with E-state index in [2.05, 4.69) is 29.6 Å². The molecule has 20 heavy (non-hydrogen) atoms. The van der Waals surface area contributed by atoms with Gasteiger partial charge in [-0.1, -0.05) is 48.0 Å². The van der Waals surface area contributed by atoms with E-state index >= 15 is 0 Å². The molecule has 1 unspecified atom stereocenters. The van der Waals surface area contributed by atoms with E-state index in [0.29, 0.717) is 5.02 Å². The molecule has 3 heteroatoms. The van der Waals surface area contributed by atoms with Gasteiger partial charge in [-0.2, -0.15) is 0 Å². The van der Waals surface area contributed by atoms with Crippen LogP contribution in [0.3, 0.4) is 0 Å². The highest BCUT2D eigenvalue weighted by molar-refractivity contribution is 6.30. The van der Waals surface area contributed by atoms with E-state index in [0.717, 1.165) is 24.2 Å². The number of aryl methyl sites for hydroxylation is 1. The third-order valence-electron chi connectivity index (χ3n) is 3.48. The maximum Gasteiger partial charge on any atom is 0.125 e. The number of ether oxygens (including phenoxy) is 1. The fourth-order valence-electron chi connectivity index (χ4n) is 2.38. The first-order valence-electron chi connectivity index (χ1n) is 6.79. The molecule has 0 amide bonds. The minimum atomic E-state index is 0.252. The second-order valence-corrected chi connectivity index (χ2v) is 5.19. The average Bonchev–Trinajstić information content (AvgIpc) is 2.50. The molecule has 0 heterocycles. The molecular formula is C17H20ClNO. The Morgan fingerprint density at radius 1 is 1.15 bits per heavy atom. The van der Waals surface area contributed by atoms with E-state index in [4.69, 9.17) is 16.3 Å². The Kier molecular flexibility index (Phi) is 5.45. The Bertz CT molecular complexity index is 542. The molecule has 0 spiro atoms. The monoisotopic (exact) mass is 289 g/mol. The van der Waals surface area contributed by atoms with Crippen molar-refractivity contribution >= 4 is 11.6 Å². The number of methoxy groups -OCH3 is 1. The second-order valence-electron chi connectivity index (χ2n) is 4.75. The number of hydrogen-bond donors (Lipinski definition) is 1. The molecule has 2 rings (SSSR count). The van der Waals surface area contributed by atoms with Crippen LogP contribution in [0.1, 0.15) is 23.6 Å². The van der Waals surface area contributed by atoms with Crippen LogP contribution < -0.4 is 10.1 Å². The molecule has 0 saturated carbocycles. The molecule has 0 bridgehead atoms. The first-order valence-corrected chi connectivity index (χ1v) is 7.17. The zero-order valence-corrected chi connectivity index (χ0v) is 12.7. The van der Waals surface area contributed by atoms with Crippen LogP contribution in [0.25, 0.3) is 0 Å². The first kappa shape index (κ1) is 14.9. The van der Waals surface area contributed by atoms with Crippen molar-refractivity contribution in [2.24, 2.45) is 0 Å². The molecule has 1 N–H and O–H groups in total. The third-order valence-corrected chi connectivity index (χ3v) is 3.72. The number of halogens is 1. The van der Waals surface area contributed by atoms with Crippen LogP contribution in [0.4, 0.5) is 0 Å². The molecular weight excluding hydrogens is 270 g/mol. The molecule has 1 atom stereocenters. The average molecular weight is 290 g/mol. The van der Waals surface area contributed by atoms with Gasteiger partial charge in [0.1, 0.15) is 5.75 Å². The van der Waals surface area contributed by atoms with Gasteiger partial charge in [0, 0.05) is 16.6 Å². The normalized spacial score (nSPS) is 12.2. The van der Waals surface area contributed by atoms with Gasteiger partial charge in [-0.15, -0.1) is 0 Å². The van der Waals surface area contributed by atoms with E-state index < -0.39 is 0 Å². The number of hydrogen-bond acceptors (Lipinski definition) is 2. The fraction of sp³-hybridized carbons (Fsp3) is 0.294. The predicted molar refractivity (Wildman–Crippen MR) is 84.6 cm³/mol. The first-order chi connectivity index (χ1) is 9.74. The third kappa shape index (κ3) is 3.75. The number of nitrogens with one attached hydrogen (secondary N) is 1. The van der Waals surface area contributed by atoms with Gasteiger partial charge in [0.05, 0.1) is 7.11 Å². The minimum absolute atomic E-state index is 0.252. The molecule has 0 aliphatic carbocycles. The quantitative estimate of drug-likeness (QED) is 0.859. The second kappa shape index (κ2) is 7.32. The Hall–Kier alpha value is -1.51. The van der Waals surface area contributed by atoms with Gasteiger partial charge in [-0.3, -0.25) is 0 Å². The molecule has 106 valence electrons. The van der Waals surface area contributed by atoms with Crippen molar-refractivity contribution in [3.63, 3.8) is 0 Å². The lowest BCUT2D eigenvalue weighted by Crippen LogP contribution is -2.18. The van der Waals surface area contributed by atoms with E-state index in [1.807, 2.05) is 31.3 Å². The highest BCUT2D eigenvalue weighted by atomic mass is 35.5.